The Bertz CT molecular complexity index is 958. The number of nitrogens with one attached hydrogen (secondary N) is 2. The number of ether oxygens (including phenoxy) is 2. The number of carbonyl (C=O) groups is 3. The highest BCUT2D eigenvalue weighted by Gasteiger charge is 2.25. The molecule has 0 saturated heterocycles. The zero-order valence-electron chi connectivity index (χ0n) is 16.7. The molecule has 1 fully saturated rings. The van der Waals surface area contributed by atoms with Gasteiger partial charge in [0.1, 0.15) is 5.75 Å². The van der Waals surface area contributed by atoms with Gasteiger partial charge in [-0.2, -0.15) is 0 Å². The lowest BCUT2D eigenvalue weighted by atomic mass is 10.1. The van der Waals surface area contributed by atoms with Gasteiger partial charge in [0.15, 0.2) is 12.7 Å². The first-order chi connectivity index (χ1) is 14.3. The Hall–Kier alpha value is -3.06. The summed E-state index contributed by atoms with van der Waals surface area (Å²) >= 11 is 5.91. The third-order valence-electron chi connectivity index (χ3n) is 4.48. The fourth-order valence-corrected chi connectivity index (χ4v) is 2.93. The van der Waals surface area contributed by atoms with Gasteiger partial charge in [0.25, 0.3) is 11.8 Å². The lowest BCUT2D eigenvalue weighted by molar-refractivity contribution is -0.153. The molecule has 1 saturated carbocycles. The van der Waals surface area contributed by atoms with E-state index < -0.39 is 24.6 Å². The summed E-state index contributed by atoms with van der Waals surface area (Å²) < 4.78 is 10.6. The van der Waals surface area contributed by atoms with Gasteiger partial charge >= 0.3 is 5.97 Å². The summed E-state index contributed by atoms with van der Waals surface area (Å²) in [5.74, 6) is -0.973. The molecule has 0 aromatic heterocycles. The van der Waals surface area contributed by atoms with Crippen molar-refractivity contribution >= 4 is 35.1 Å². The predicted molar refractivity (Wildman–Crippen MR) is 113 cm³/mol. The quantitative estimate of drug-likeness (QED) is 0.625. The average molecular weight is 431 g/mol. The summed E-state index contributed by atoms with van der Waals surface area (Å²) in [4.78, 5) is 36.7. The second-order valence-corrected chi connectivity index (χ2v) is 7.56. The zero-order chi connectivity index (χ0) is 21.7. The number of rotatable bonds is 8. The fraction of sp³-hybridized carbons (Fsp3) is 0.318. The number of carbonyl (C=O) groups excluding carboxylic acids is 3. The summed E-state index contributed by atoms with van der Waals surface area (Å²) in [5.41, 5.74) is 1.50. The number of hydrogen-bond donors (Lipinski definition) is 2. The topological polar surface area (TPSA) is 93.7 Å². The molecule has 7 nitrogen and oxygen atoms in total. The van der Waals surface area contributed by atoms with Crippen LogP contribution in [0.15, 0.2) is 42.5 Å². The van der Waals surface area contributed by atoms with Crippen molar-refractivity contribution in [2.24, 2.45) is 0 Å². The summed E-state index contributed by atoms with van der Waals surface area (Å²) in [5, 5.41) is 6.06. The van der Waals surface area contributed by atoms with Crippen LogP contribution >= 0.6 is 11.6 Å². The lowest BCUT2D eigenvalue weighted by Crippen LogP contribution is -2.31. The van der Waals surface area contributed by atoms with Crippen molar-refractivity contribution in [2.75, 3.05) is 11.9 Å². The van der Waals surface area contributed by atoms with Gasteiger partial charge in [-0.15, -0.1) is 0 Å². The maximum atomic E-state index is 12.3. The van der Waals surface area contributed by atoms with Crippen molar-refractivity contribution in [2.45, 2.75) is 38.8 Å². The van der Waals surface area contributed by atoms with E-state index in [-0.39, 0.29) is 11.9 Å². The van der Waals surface area contributed by atoms with Crippen LogP contribution in [-0.2, 0) is 14.3 Å². The molecule has 0 bridgehead atoms. The zero-order valence-corrected chi connectivity index (χ0v) is 17.5. The van der Waals surface area contributed by atoms with Crippen LogP contribution in [0.5, 0.6) is 5.75 Å². The molecule has 1 atom stereocenters. The maximum absolute atomic E-state index is 12.3. The molecule has 2 N–H and O–H groups in total. The number of halogens is 1. The number of hydrogen-bond acceptors (Lipinski definition) is 5. The molecule has 0 heterocycles. The van der Waals surface area contributed by atoms with E-state index in [0.717, 1.165) is 18.4 Å². The molecule has 0 spiro atoms. The first-order valence-electron chi connectivity index (χ1n) is 9.62. The highest BCUT2D eigenvalue weighted by Crippen LogP contribution is 2.23. The number of para-hydroxylation sites is 1. The summed E-state index contributed by atoms with van der Waals surface area (Å²) in [7, 11) is 0. The number of aryl methyl sites for hydroxylation is 1. The number of esters is 1. The van der Waals surface area contributed by atoms with E-state index in [1.165, 1.54) is 6.92 Å². The van der Waals surface area contributed by atoms with Crippen molar-refractivity contribution in [1.29, 1.82) is 0 Å². The maximum Gasteiger partial charge on any atom is 0.347 e. The molecule has 0 aliphatic heterocycles. The van der Waals surface area contributed by atoms with Crippen molar-refractivity contribution < 1.29 is 23.9 Å². The number of benzene rings is 2. The average Bonchev–Trinajstić information content (AvgIpc) is 3.52. The van der Waals surface area contributed by atoms with E-state index >= 15 is 0 Å². The van der Waals surface area contributed by atoms with Crippen molar-refractivity contribution in [3.8, 4) is 5.75 Å². The van der Waals surface area contributed by atoms with Gasteiger partial charge in [-0.25, -0.2) is 4.79 Å². The Morgan fingerprint density at radius 3 is 2.60 bits per heavy atom. The van der Waals surface area contributed by atoms with Gasteiger partial charge < -0.3 is 20.1 Å². The molecule has 1 aliphatic carbocycles. The van der Waals surface area contributed by atoms with Crippen molar-refractivity contribution in [3.05, 3.63) is 58.6 Å². The molecule has 2 aromatic rings. The van der Waals surface area contributed by atoms with Crippen LogP contribution in [0.25, 0.3) is 0 Å². The van der Waals surface area contributed by atoms with E-state index in [2.05, 4.69) is 10.6 Å². The molecule has 1 aliphatic rings. The number of anilines is 1. The first kappa shape index (κ1) is 21.6. The third kappa shape index (κ3) is 5.97. The van der Waals surface area contributed by atoms with Gasteiger partial charge in [-0.05, 0) is 62.6 Å². The molecular formula is C22H23ClN2O5. The summed E-state index contributed by atoms with van der Waals surface area (Å²) in [6.45, 7) is 2.85. The molecule has 0 radical (unpaired) electrons. The van der Waals surface area contributed by atoms with Gasteiger partial charge in [0, 0.05) is 11.1 Å². The van der Waals surface area contributed by atoms with E-state index in [0.29, 0.717) is 22.0 Å². The normalized spacial score (nSPS) is 13.8. The van der Waals surface area contributed by atoms with Gasteiger partial charge in [-0.1, -0.05) is 23.7 Å². The second kappa shape index (κ2) is 9.63. The van der Waals surface area contributed by atoms with E-state index in [4.69, 9.17) is 21.1 Å². The molecule has 1 unspecified atom stereocenters. The SMILES string of the molecule is Cc1cc(Cl)ccc1OC(C)C(=O)OCC(=O)Nc1ccccc1C(=O)NC1CC1. The molecule has 8 heteroatoms. The molecule has 2 aromatic carbocycles. The molecule has 30 heavy (non-hydrogen) atoms. The minimum absolute atomic E-state index is 0.202. The second-order valence-electron chi connectivity index (χ2n) is 7.12. The molecule has 2 amide bonds. The van der Waals surface area contributed by atoms with E-state index in [9.17, 15) is 14.4 Å². The summed E-state index contributed by atoms with van der Waals surface area (Å²) in [6, 6.07) is 11.9. The van der Waals surface area contributed by atoms with Crippen LogP contribution in [-0.4, -0.2) is 36.5 Å². The third-order valence-corrected chi connectivity index (χ3v) is 4.71. The predicted octanol–water partition coefficient (Wildman–Crippen LogP) is 3.49. The van der Waals surface area contributed by atoms with Crippen LogP contribution in [0.4, 0.5) is 5.69 Å². The summed E-state index contributed by atoms with van der Waals surface area (Å²) in [6.07, 6.45) is 1.02. The fourth-order valence-electron chi connectivity index (χ4n) is 2.70. The Morgan fingerprint density at radius 1 is 1.17 bits per heavy atom. The van der Waals surface area contributed by atoms with Crippen LogP contribution in [0, 0.1) is 6.92 Å². The van der Waals surface area contributed by atoms with Crippen molar-refractivity contribution in [1.82, 2.24) is 5.32 Å². The highest BCUT2D eigenvalue weighted by molar-refractivity contribution is 6.30. The Balaban J connectivity index is 1.51. The monoisotopic (exact) mass is 430 g/mol. The van der Waals surface area contributed by atoms with Crippen molar-refractivity contribution in [3.63, 3.8) is 0 Å². The molecule has 3 rings (SSSR count). The smallest absolute Gasteiger partial charge is 0.347 e. The van der Waals surface area contributed by atoms with Gasteiger partial charge in [-0.3, -0.25) is 9.59 Å². The van der Waals surface area contributed by atoms with Gasteiger partial charge in [0.05, 0.1) is 11.3 Å². The lowest BCUT2D eigenvalue weighted by Gasteiger charge is -2.16. The molecule has 158 valence electrons. The highest BCUT2D eigenvalue weighted by atomic mass is 35.5. The van der Waals surface area contributed by atoms with E-state index in [1.54, 1.807) is 42.5 Å². The van der Waals surface area contributed by atoms with Crippen LogP contribution in [0.3, 0.4) is 0 Å². The standard InChI is InChI=1S/C22H23ClN2O5/c1-13-11-15(23)7-10-19(13)30-14(2)22(28)29-12-20(26)25-18-6-4-3-5-17(18)21(27)24-16-8-9-16/h3-7,10-11,14,16H,8-9,12H2,1-2H3,(H,24,27)(H,25,26). The van der Waals surface area contributed by atoms with Crippen LogP contribution in [0.2, 0.25) is 5.02 Å². The molecular weight excluding hydrogens is 408 g/mol. The van der Waals surface area contributed by atoms with Crippen LogP contribution in [0.1, 0.15) is 35.7 Å². The minimum Gasteiger partial charge on any atom is -0.479 e. The van der Waals surface area contributed by atoms with Crippen LogP contribution < -0.4 is 15.4 Å². The minimum atomic E-state index is -0.908. The Kier molecular flexibility index (Phi) is 6.95. The van der Waals surface area contributed by atoms with E-state index in [1.807, 2.05) is 6.92 Å². The number of amides is 2. The Labute approximate surface area is 179 Å². The van der Waals surface area contributed by atoms with Gasteiger partial charge in [0.2, 0.25) is 0 Å². The first-order valence-corrected chi connectivity index (χ1v) is 10.0. The Morgan fingerprint density at radius 2 is 1.90 bits per heavy atom. The largest absolute Gasteiger partial charge is 0.479 e.